The van der Waals surface area contributed by atoms with E-state index in [0.717, 1.165) is 10.2 Å². The smallest absolute Gasteiger partial charge is 0.0991 e. The van der Waals surface area contributed by atoms with E-state index in [1.807, 2.05) is 30.3 Å². The molecule has 2 rings (SSSR count). The van der Waals surface area contributed by atoms with Gasteiger partial charge in [0.15, 0.2) is 0 Å². The molecule has 0 saturated carbocycles. The van der Waals surface area contributed by atoms with Gasteiger partial charge in [-0.3, -0.25) is 0 Å². The van der Waals surface area contributed by atoms with Gasteiger partial charge in [0.25, 0.3) is 0 Å². The zero-order valence-electron chi connectivity index (χ0n) is 10.9. The maximum Gasteiger partial charge on any atom is 0.0991 e. The largest absolute Gasteiger partial charge is 0.379 e. The van der Waals surface area contributed by atoms with E-state index in [2.05, 4.69) is 53.3 Å². The standard InChI is InChI=1S/C16H15BrN2/c1-11-9-15(7-8-16(11)17)19-12(2)14-5-3-13(10-18)4-6-14/h3-9,12,19H,1-2H3. The van der Waals surface area contributed by atoms with Crippen LogP contribution in [0.4, 0.5) is 5.69 Å². The first-order chi connectivity index (χ1) is 9.10. The molecule has 0 bridgehead atoms. The van der Waals surface area contributed by atoms with Crippen molar-refractivity contribution in [2.75, 3.05) is 5.32 Å². The Balaban J connectivity index is 2.13. The predicted molar refractivity (Wildman–Crippen MR) is 82.1 cm³/mol. The molecule has 0 aliphatic rings. The summed E-state index contributed by atoms with van der Waals surface area (Å²) in [4.78, 5) is 0. The highest BCUT2D eigenvalue weighted by atomic mass is 79.9. The van der Waals surface area contributed by atoms with Crippen molar-refractivity contribution in [1.29, 1.82) is 5.26 Å². The SMILES string of the molecule is Cc1cc(NC(C)c2ccc(C#N)cc2)ccc1Br. The summed E-state index contributed by atoms with van der Waals surface area (Å²) in [5, 5.41) is 12.2. The number of anilines is 1. The lowest BCUT2D eigenvalue weighted by Gasteiger charge is -2.16. The zero-order chi connectivity index (χ0) is 13.8. The van der Waals surface area contributed by atoms with Crippen LogP contribution in [0.15, 0.2) is 46.9 Å². The van der Waals surface area contributed by atoms with Crippen molar-refractivity contribution in [3.8, 4) is 6.07 Å². The van der Waals surface area contributed by atoms with E-state index in [1.165, 1.54) is 11.1 Å². The molecular formula is C16H15BrN2. The molecule has 2 aromatic rings. The number of hydrogen-bond donors (Lipinski definition) is 1. The highest BCUT2D eigenvalue weighted by Crippen LogP contribution is 2.24. The predicted octanol–water partition coefficient (Wildman–Crippen LogP) is 4.80. The Kier molecular flexibility index (Phi) is 4.24. The molecule has 0 fully saturated rings. The number of nitrogens with zero attached hydrogens (tertiary/aromatic N) is 1. The average molecular weight is 315 g/mol. The molecule has 0 aromatic heterocycles. The fourth-order valence-corrected chi connectivity index (χ4v) is 2.16. The summed E-state index contributed by atoms with van der Waals surface area (Å²) in [5.41, 5.74) is 4.16. The third-order valence-corrected chi connectivity index (χ3v) is 3.97. The summed E-state index contributed by atoms with van der Waals surface area (Å²) in [7, 11) is 0. The molecule has 0 aliphatic carbocycles. The Hall–Kier alpha value is -1.79. The second kappa shape index (κ2) is 5.90. The number of benzene rings is 2. The van der Waals surface area contributed by atoms with Gasteiger partial charge in [-0.15, -0.1) is 0 Å². The fraction of sp³-hybridized carbons (Fsp3) is 0.188. The Morgan fingerprint density at radius 1 is 1.16 bits per heavy atom. The Labute approximate surface area is 122 Å². The number of rotatable bonds is 3. The minimum atomic E-state index is 0.202. The van der Waals surface area contributed by atoms with Gasteiger partial charge in [-0.1, -0.05) is 28.1 Å². The molecule has 1 unspecified atom stereocenters. The topological polar surface area (TPSA) is 35.8 Å². The summed E-state index contributed by atoms with van der Waals surface area (Å²) in [6.45, 7) is 4.18. The molecule has 19 heavy (non-hydrogen) atoms. The normalized spacial score (nSPS) is 11.7. The number of aryl methyl sites for hydroxylation is 1. The molecule has 0 amide bonds. The molecule has 0 radical (unpaired) electrons. The van der Waals surface area contributed by atoms with Crippen molar-refractivity contribution in [1.82, 2.24) is 0 Å². The molecule has 0 aliphatic heterocycles. The van der Waals surface area contributed by atoms with Crippen LogP contribution in [0, 0.1) is 18.3 Å². The van der Waals surface area contributed by atoms with Crippen molar-refractivity contribution in [2.45, 2.75) is 19.9 Å². The average Bonchev–Trinajstić information content (AvgIpc) is 2.43. The van der Waals surface area contributed by atoms with Gasteiger partial charge < -0.3 is 5.32 Å². The van der Waals surface area contributed by atoms with E-state index in [0.29, 0.717) is 5.56 Å². The molecule has 0 spiro atoms. The number of nitrogens with one attached hydrogen (secondary N) is 1. The highest BCUT2D eigenvalue weighted by Gasteiger charge is 2.06. The first-order valence-corrected chi connectivity index (χ1v) is 6.92. The highest BCUT2D eigenvalue weighted by molar-refractivity contribution is 9.10. The van der Waals surface area contributed by atoms with E-state index < -0.39 is 0 Å². The van der Waals surface area contributed by atoms with Gasteiger partial charge in [0.1, 0.15) is 0 Å². The van der Waals surface area contributed by atoms with Crippen LogP contribution in [-0.2, 0) is 0 Å². The number of hydrogen-bond acceptors (Lipinski definition) is 2. The van der Waals surface area contributed by atoms with Gasteiger partial charge in [0.2, 0.25) is 0 Å². The van der Waals surface area contributed by atoms with Crippen molar-refractivity contribution in [3.63, 3.8) is 0 Å². The zero-order valence-corrected chi connectivity index (χ0v) is 12.5. The van der Waals surface area contributed by atoms with Crippen molar-refractivity contribution in [3.05, 3.63) is 63.6 Å². The Morgan fingerprint density at radius 2 is 1.84 bits per heavy atom. The second-order valence-corrected chi connectivity index (χ2v) is 5.42. The first kappa shape index (κ1) is 13.6. The minimum absolute atomic E-state index is 0.202. The number of halogens is 1. The molecule has 1 N–H and O–H groups in total. The molecule has 1 atom stereocenters. The van der Waals surface area contributed by atoms with Crippen molar-refractivity contribution >= 4 is 21.6 Å². The van der Waals surface area contributed by atoms with Crippen LogP contribution in [-0.4, -0.2) is 0 Å². The Bertz CT molecular complexity index is 612. The monoisotopic (exact) mass is 314 g/mol. The van der Waals surface area contributed by atoms with Gasteiger partial charge in [-0.25, -0.2) is 0 Å². The van der Waals surface area contributed by atoms with Crippen molar-refractivity contribution < 1.29 is 0 Å². The van der Waals surface area contributed by atoms with Crippen LogP contribution in [0.1, 0.15) is 29.7 Å². The number of nitriles is 1. The van der Waals surface area contributed by atoms with E-state index in [4.69, 9.17) is 5.26 Å². The summed E-state index contributed by atoms with van der Waals surface area (Å²) in [6, 6.07) is 16.2. The van der Waals surface area contributed by atoms with Crippen LogP contribution in [0.3, 0.4) is 0 Å². The third-order valence-electron chi connectivity index (χ3n) is 3.08. The molecule has 0 saturated heterocycles. The molecular weight excluding hydrogens is 300 g/mol. The van der Waals surface area contributed by atoms with Gasteiger partial charge >= 0.3 is 0 Å². The lowest BCUT2D eigenvalue weighted by atomic mass is 10.1. The van der Waals surface area contributed by atoms with Crippen LogP contribution in [0.25, 0.3) is 0 Å². The van der Waals surface area contributed by atoms with Crippen LogP contribution < -0.4 is 5.32 Å². The Morgan fingerprint density at radius 3 is 2.42 bits per heavy atom. The minimum Gasteiger partial charge on any atom is -0.379 e. The first-order valence-electron chi connectivity index (χ1n) is 6.13. The van der Waals surface area contributed by atoms with Crippen molar-refractivity contribution in [2.24, 2.45) is 0 Å². The van der Waals surface area contributed by atoms with Gasteiger partial charge in [-0.2, -0.15) is 5.26 Å². The van der Waals surface area contributed by atoms with Crippen LogP contribution in [0.5, 0.6) is 0 Å². The summed E-state index contributed by atoms with van der Waals surface area (Å²) in [5.74, 6) is 0. The molecule has 96 valence electrons. The summed E-state index contributed by atoms with van der Waals surface area (Å²) >= 11 is 3.50. The van der Waals surface area contributed by atoms with Gasteiger partial charge in [0.05, 0.1) is 11.6 Å². The second-order valence-electron chi connectivity index (χ2n) is 4.56. The molecule has 2 nitrogen and oxygen atoms in total. The summed E-state index contributed by atoms with van der Waals surface area (Å²) < 4.78 is 1.11. The van der Waals surface area contributed by atoms with Gasteiger partial charge in [-0.05, 0) is 55.3 Å². The maximum absolute atomic E-state index is 8.79. The van der Waals surface area contributed by atoms with E-state index in [9.17, 15) is 0 Å². The lowest BCUT2D eigenvalue weighted by Crippen LogP contribution is -2.06. The van der Waals surface area contributed by atoms with E-state index >= 15 is 0 Å². The fourth-order valence-electron chi connectivity index (χ4n) is 1.91. The third kappa shape index (κ3) is 3.36. The molecule has 0 heterocycles. The lowest BCUT2D eigenvalue weighted by molar-refractivity contribution is 0.884. The molecule has 2 aromatic carbocycles. The van der Waals surface area contributed by atoms with E-state index in [1.54, 1.807) is 0 Å². The quantitative estimate of drug-likeness (QED) is 0.883. The van der Waals surface area contributed by atoms with Crippen LogP contribution >= 0.6 is 15.9 Å². The van der Waals surface area contributed by atoms with Crippen LogP contribution in [0.2, 0.25) is 0 Å². The van der Waals surface area contributed by atoms with E-state index in [-0.39, 0.29) is 6.04 Å². The molecule has 3 heteroatoms. The maximum atomic E-state index is 8.79. The van der Waals surface area contributed by atoms with Gasteiger partial charge in [0, 0.05) is 16.2 Å². The summed E-state index contributed by atoms with van der Waals surface area (Å²) in [6.07, 6.45) is 0.